The largest absolute Gasteiger partial charge is 0.495 e. The molecule has 1 aromatic carbocycles. The molecule has 0 bridgehead atoms. The van der Waals surface area contributed by atoms with Crippen molar-refractivity contribution in [2.45, 2.75) is 37.7 Å². The van der Waals surface area contributed by atoms with Gasteiger partial charge in [0.05, 0.1) is 13.7 Å². The van der Waals surface area contributed by atoms with Gasteiger partial charge in [0.1, 0.15) is 10.6 Å². The molecule has 2 N–H and O–H groups in total. The van der Waals surface area contributed by atoms with E-state index in [0.717, 1.165) is 19.3 Å². The summed E-state index contributed by atoms with van der Waals surface area (Å²) in [5.41, 5.74) is 0.374. The van der Waals surface area contributed by atoms with Crippen LogP contribution in [0.5, 0.6) is 5.75 Å². The third-order valence-electron chi connectivity index (χ3n) is 4.01. The van der Waals surface area contributed by atoms with E-state index in [9.17, 15) is 13.5 Å². The van der Waals surface area contributed by atoms with Gasteiger partial charge in [-0.1, -0.05) is 24.9 Å². The van der Waals surface area contributed by atoms with Crippen molar-refractivity contribution in [2.24, 2.45) is 5.41 Å². The second-order valence-corrected chi connectivity index (χ2v) is 7.91. The van der Waals surface area contributed by atoms with Crippen LogP contribution in [0, 0.1) is 5.41 Å². The van der Waals surface area contributed by atoms with Crippen molar-refractivity contribution in [1.82, 2.24) is 4.72 Å². The van der Waals surface area contributed by atoms with Crippen molar-refractivity contribution in [1.29, 1.82) is 0 Å². The van der Waals surface area contributed by atoms with E-state index in [1.165, 1.54) is 19.2 Å². The molecule has 0 aliphatic heterocycles. The smallest absolute Gasteiger partial charge is 0.244 e. The minimum atomic E-state index is -3.74. The number of nitrogens with one attached hydrogen (secondary N) is 1. The van der Waals surface area contributed by atoms with Crippen LogP contribution in [0.25, 0.3) is 0 Å². The van der Waals surface area contributed by atoms with Crippen LogP contribution in [0.1, 0.15) is 31.7 Å². The molecule has 2 rings (SSSR count). The first kappa shape index (κ1) is 16.5. The van der Waals surface area contributed by atoms with E-state index >= 15 is 0 Å². The number of halogens is 1. The normalized spacial score (nSPS) is 17.3. The Morgan fingerprint density at radius 2 is 2.10 bits per heavy atom. The molecular weight excluding hydrogens is 314 g/mol. The van der Waals surface area contributed by atoms with Crippen LogP contribution < -0.4 is 9.46 Å². The van der Waals surface area contributed by atoms with Crippen LogP contribution in [-0.4, -0.2) is 27.2 Å². The van der Waals surface area contributed by atoms with Gasteiger partial charge < -0.3 is 9.84 Å². The molecule has 118 valence electrons. The standard InChI is InChI=1S/C14H20ClNO4S/c1-14(4-3-5-14)9-16-21(18,19)12-7-11(15)6-10(8-17)13(12)20-2/h6-7,16-17H,3-5,8-9H2,1-2H3. The summed E-state index contributed by atoms with van der Waals surface area (Å²) in [5, 5.41) is 9.56. The summed E-state index contributed by atoms with van der Waals surface area (Å²) in [6, 6.07) is 2.83. The van der Waals surface area contributed by atoms with E-state index in [2.05, 4.69) is 11.6 Å². The van der Waals surface area contributed by atoms with E-state index in [0.29, 0.717) is 12.1 Å². The zero-order chi connectivity index (χ0) is 15.7. The summed E-state index contributed by atoms with van der Waals surface area (Å²) in [6.45, 7) is 2.11. The maximum atomic E-state index is 12.5. The molecule has 0 spiro atoms. The molecule has 1 aromatic rings. The average Bonchev–Trinajstić information content (AvgIpc) is 2.42. The summed E-state index contributed by atoms with van der Waals surface area (Å²) in [6.07, 6.45) is 3.17. The van der Waals surface area contributed by atoms with E-state index < -0.39 is 10.0 Å². The van der Waals surface area contributed by atoms with Gasteiger partial charge in [0, 0.05) is 17.1 Å². The number of aliphatic hydroxyl groups excluding tert-OH is 1. The van der Waals surface area contributed by atoms with Gasteiger partial charge in [-0.3, -0.25) is 0 Å². The number of aliphatic hydroxyl groups is 1. The highest BCUT2D eigenvalue weighted by molar-refractivity contribution is 7.89. The lowest BCUT2D eigenvalue weighted by atomic mass is 9.71. The molecule has 0 amide bonds. The SMILES string of the molecule is COc1c(CO)cc(Cl)cc1S(=O)(=O)NCC1(C)CCC1. The first-order valence-electron chi connectivity index (χ1n) is 6.78. The van der Waals surface area contributed by atoms with Gasteiger partial charge >= 0.3 is 0 Å². The first-order chi connectivity index (χ1) is 9.81. The van der Waals surface area contributed by atoms with Crippen molar-refractivity contribution in [3.63, 3.8) is 0 Å². The Hall–Kier alpha value is -0.820. The van der Waals surface area contributed by atoms with Gasteiger partial charge in [0.2, 0.25) is 10.0 Å². The quantitative estimate of drug-likeness (QED) is 0.837. The predicted molar refractivity (Wildman–Crippen MR) is 81.1 cm³/mol. The number of ether oxygens (including phenoxy) is 1. The van der Waals surface area contributed by atoms with Crippen LogP contribution in [0.15, 0.2) is 17.0 Å². The average molecular weight is 334 g/mol. The van der Waals surface area contributed by atoms with Gasteiger partial charge in [0.15, 0.2) is 0 Å². The zero-order valence-electron chi connectivity index (χ0n) is 12.1. The fourth-order valence-electron chi connectivity index (χ4n) is 2.48. The third-order valence-corrected chi connectivity index (χ3v) is 5.64. The monoisotopic (exact) mass is 333 g/mol. The summed E-state index contributed by atoms with van der Waals surface area (Å²) < 4.78 is 32.7. The second kappa shape index (κ2) is 6.12. The highest BCUT2D eigenvalue weighted by atomic mass is 35.5. The minimum Gasteiger partial charge on any atom is -0.495 e. The molecule has 0 saturated heterocycles. The van der Waals surface area contributed by atoms with Crippen LogP contribution in [-0.2, 0) is 16.6 Å². The van der Waals surface area contributed by atoms with E-state index in [1.54, 1.807) is 0 Å². The lowest BCUT2D eigenvalue weighted by molar-refractivity contribution is 0.166. The Bertz CT molecular complexity index is 626. The molecule has 21 heavy (non-hydrogen) atoms. The molecule has 7 heteroatoms. The molecule has 1 saturated carbocycles. The van der Waals surface area contributed by atoms with Crippen LogP contribution >= 0.6 is 11.6 Å². The Kier molecular flexibility index (Phi) is 4.82. The zero-order valence-corrected chi connectivity index (χ0v) is 13.7. The number of sulfonamides is 1. The van der Waals surface area contributed by atoms with Crippen molar-refractivity contribution in [2.75, 3.05) is 13.7 Å². The number of hydrogen-bond donors (Lipinski definition) is 2. The number of hydrogen-bond acceptors (Lipinski definition) is 4. The molecule has 0 heterocycles. The number of benzene rings is 1. The molecular formula is C14H20ClNO4S. The summed E-state index contributed by atoms with van der Waals surface area (Å²) in [5.74, 6) is 0.133. The lowest BCUT2D eigenvalue weighted by Crippen LogP contribution is -2.40. The molecule has 1 aliphatic carbocycles. The summed E-state index contributed by atoms with van der Waals surface area (Å²) in [4.78, 5) is -0.0375. The maximum absolute atomic E-state index is 12.5. The summed E-state index contributed by atoms with van der Waals surface area (Å²) >= 11 is 5.93. The fraction of sp³-hybridized carbons (Fsp3) is 0.571. The maximum Gasteiger partial charge on any atom is 0.244 e. The lowest BCUT2D eigenvalue weighted by Gasteiger charge is -2.38. The number of rotatable bonds is 6. The predicted octanol–water partition coefficient (Wildman–Crippen LogP) is 2.31. The Labute approximate surface area is 130 Å². The second-order valence-electron chi connectivity index (χ2n) is 5.74. The van der Waals surface area contributed by atoms with Crippen molar-refractivity contribution >= 4 is 21.6 Å². The summed E-state index contributed by atoms with van der Waals surface area (Å²) in [7, 11) is -2.37. The van der Waals surface area contributed by atoms with E-state index in [4.69, 9.17) is 16.3 Å². The topological polar surface area (TPSA) is 75.6 Å². The van der Waals surface area contributed by atoms with Crippen LogP contribution in [0.4, 0.5) is 0 Å². The van der Waals surface area contributed by atoms with Crippen LogP contribution in [0.3, 0.4) is 0 Å². The number of methoxy groups -OCH3 is 1. The Morgan fingerprint density at radius 3 is 2.57 bits per heavy atom. The van der Waals surface area contributed by atoms with Gasteiger partial charge in [-0.25, -0.2) is 13.1 Å². The minimum absolute atomic E-state index is 0.0265. The molecule has 0 radical (unpaired) electrons. The van der Waals surface area contributed by atoms with Crippen molar-refractivity contribution in [3.05, 3.63) is 22.7 Å². The molecule has 1 fully saturated rings. The van der Waals surface area contributed by atoms with Crippen molar-refractivity contribution < 1.29 is 18.3 Å². The Morgan fingerprint density at radius 1 is 1.43 bits per heavy atom. The molecule has 5 nitrogen and oxygen atoms in total. The third kappa shape index (κ3) is 3.51. The van der Waals surface area contributed by atoms with Crippen LogP contribution in [0.2, 0.25) is 5.02 Å². The molecule has 0 atom stereocenters. The molecule has 0 unspecified atom stereocenters. The van der Waals surface area contributed by atoms with Gasteiger partial charge in [0.25, 0.3) is 0 Å². The molecule has 0 aromatic heterocycles. The highest BCUT2D eigenvalue weighted by Crippen LogP contribution is 2.40. The van der Waals surface area contributed by atoms with E-state index in [-0.39, 0.29) is 27.7 Å². The van der Waals surface area contributed by atoms with Gasteiger partial charge in [-0.05, 0) is 30.4 Å². The van der Waals surface area contributed by atoms with Gasteiger partial charge in [-0.2, -0.15) is 0 Å². The highest BCUT2D eigenvalue weighted by Gasteiger charge is 2.33. The van der Waals surface area contributed by atoms with E-state index in [1.807, 2.05) is 0 Å². The van der Waals surface area contributed by atoms with Gasteiger partial charge in [-0.15, -0.1) is 0 Å². The first-order valence-corrected chi connectivity index (χ1v) is 8.64. The van der Waals surface area contributed by atoms with Crippen molar-refractivity contribution in [3.8, 4) is 5.75 Å². The Balaban J connectivity index is 2.32. The fourth-order valence-corrected chi connectivity index (χ4v) is 4.22. The molecule has 1 aliphatic rings.